The second-order valence-electron chi connectivity index (χ2n) is 4.85. The molecule has 2 aromatic carbocycles. The molecule has 0 fully saturated rings. The number of halogens is 3. The minimum absolute atomic E-state index is 0.318. The fourth-order valence-corrected chi connectivity index (χ4v) is 1.89. The molecule has 116 valence electrons. The van der Waals surface area contributed by atoms with Crippen molar-refractivity contribution >= 4 is 11.7 Å². The van der Waals surface area contributed by atoms with Gasteiger partial charge >= 0.3 is 12.2 Å². The highest BCUT2D eigenvalue weighted by atomic mass is 19.4. The first kappa shape index (κ1) is 15.9. The largest absolute Gasteiger partial charge is 0.416 e. The maximum Gasteiger partial charge on any atom is 0.416 e. The van der Waals surface area contributed by atoms with Crippen LogP contribution in [0.5, 0.6) is 0 Å². The van der Waals surface area contributed by atoms with Gasteiger partial charge < -0.3 is 10.2 Å². The first-order chi connectivity index (χ1) is 10.4. The third-order valence-electron chi connectivity index (χ3n) is 3.07. The summed E-state index contributed by atoms with van der Waals surface area (Å²) < 4.78 is 37.4. The predicted octanol–water partition coefficient (Wildman–Crippen LogP) is 4.37. The monoisotopic (exact) mass is 308 g/mol. The van der Waals surface area contributed by atoms with E-state index >= 15 is 0 Å². The second-order valence-corrected chi connectivity index (χ2v) is 4.85. The van der Waals surface area contributed by atoms with Crippen molar-refractivity contribution < 1.29 is 18.0 Å². The van der Waals surface area contributed by atoms with Gasteiger partial charge in [-0.25, -0.2) is 4.79 Å². The second kappa shape index (κ2) is 6.51. The van der Waals surface area contributed by atoms with E-state index in [1.807, 2.05) is 30.3 Å². The number of nitrogens with zero attached hydrogens (tertiary/aromatic N) is 1. The van der Waals surface area contributed by atoms with Crippen molar-refractivity contribution in [3.05, 3.63) is 65.7 Å². The molecule has 0 unspecified atom stereocenters. The number of anilines is 1. The van der Waals surface area contributed by atoms with Gasteiger partial charge in [-0.05, 0) is 29.8 Å². The third kappa shape index (κ3) is 4.25. The van der Waals surface area contributed by atoms with Crippen LogP contribution in [0.25, 0.3) is 0 Å². The van der Waals surface area contributed by atoms with E-state index in [0.717, 1.165) is 17.7 Å². The summed E-state index contributed by atoms with van der Waals surface area (Å²) in [6.07, 6.45) is -4.38. The van der Waals surface area contributed by atoms with Gasteiger partial charge in [0.25, 0.3) is 0 Å². The minimum atomic E-state index is -4.38. The highest BCUT2D eigenvalue weighted by Crippen LogP contribution is 2.29. The molecule has 0 aliphatic carbocycles. The summed E-state index contributed by atoms with van der Waals surface area (Å²) in [7, 11) is 1.62. The predicted molar refractivity (Wildman–Crippen MR) is 78.4 cm³/mol. The van der Waals surface area contributed by atoms with Crippen molar-refractivity contribution in [2.45, 2.75) is 12.7 Å². The van der Waals surface area contributed by atoms with Crippen molar-refractivity contribution in [1.82, 2.24) is 4.90 Å². The SMILES string of the molecule is CN(Cc1ccccc1)C(=O)Nc1ccc(C(F)(F)F)cc1. The molecule has 0 spiro atoms. The van der Waals surface area contributed by atoms with E-state index in [2.05, 4.69) is 5.32 Å². The van der Waals surface area contributed by atoms with Crippen LogP contribution in [0.15, 0.2) is 54.6 Å². The Morgan fingerprint density at radius 3 is 2.18 bits per heavy atom. The highest BCUT2D eigenvalue weighted by molar-refractivity contribution is 5.89. The molecule has 1 N–H and O–H groups in total. The standard InChI is InChI=1S/C16H15F3N2O/c1-21(11-12-5-3-2-4-6-12)15(22)20-14-9-7-13(8-10-14)16(17,18)19/h2-10H,11H2,1H3,(H,20,22). The number of nitrogens with one attached hydrogen (secondary N) is 1. The molecular weight excluding hydrogens is 293 g/mol. The zero-order chi connectivity index (χ0) is 16.2. The number of hydrogen-bond donors (Lipinski definition) is 1. The molecule has 3 nitrogen and oxygen atoms in total. The van der Waals surface area contributed by atoms with E-state index in [1.165, 1.54) is 17.0 Å². The smallest absolute Gasteiger partial charge is 0.323 e. The Morgan fingerprint density at radius 1 is 1.05 bits per heavy atom. The number of hydrogen-bond acceptors (Lipinski definition) is 1. The van der Waals surface area contributed by atoms with Crippen molar-refractivity contribution in [3.8, 4) is 0 Å². The van der Waals surface area contributed by atoms with Crippen LogP contribution in [0.2, 0.25) is 0 Å². The van der Waals surface area contributed by atoms with Gasteiger partial charge in [-0.2, -0.15) is 13.2 Å². The Bertz CT molecular complexity index is 624. The summed E-state index contributed by atoms with van der Waals surface area (Å²) >= 11 is 0. The van der Waals surface area contributed by atoms with Crippen molar-refractivity contribution in [2.24, 2.45) is 0 Å². The molecule has 0 bridgehead atoms. The van der Waals surface area contributed by atoms with E-state index in [4.69, 9.17) is 0 Å². The summed E-state index contributed by atoms with van der Waals surface area (Å²) in [6, 6.07) is 13.4. The average Bonchev–Trinajstić information content (AvgIpc) is 2.48. The number of carbonyl (C=O) groups excluding carboxylic acids is 1. The molecule has 0 saturated carbocycles. The molecule has 6 heteroatoms. The topological polar surface area (TPSA) is 32.3 Å². The molecule has 0 aliphatic rings. The molecule has 22 heavy (non-hydrogen) atoms. The van der Waals surface area contributed by atoms with Crippen LogP contribution in [0.1, 0.15) is 11.1 Å². The van der Waals surface area contributed by atoms with Crippen LogP contribution < -0.4 is 5.32 Å². The van der Waals surface area contributed by atoms with Crippen molar-refractivity contribution in [2.75, 3.05) is 12.4 Å². The van der Waals surface area contributed by atoms with E-state index < -0.39 is 11.7 Å². The number of amides is 2. The Labute approximate surface area is 126 Å². The zero-order valence-corrected chi connectivity index (χ0v) is 11.9. The lowest BCUT2D eigenvalue weighted by molar-refractivity contribution is -0.137. The van der Waals surface area contributed by atoms with E-state index in [0.29, 0.717) is 12.2 Å². The summed E-state index contributed by atoms with van der Waals surface area (Å²) in [5, 5.41) is 2.56. The fourth-order valence-electron chi connectivity index (χ4n) is 1.89. The fraction of sp³-hybridized carbons (Fsp3) is 0.188. The maximum atomic E-state index is 12.5. The number of rotatable bonds is 3. The van der Waals surface area contributed by atoms with Crippen LogP contribution in [0.3, 0.4) is 0 Å². The number of urea groups is 1. The molecule has 0 aromatic heterocycles. The van der Waals surface area contributed by atoms with Gasteiger partial charge in [0.15, 0.2) is 0 Å². The van der Waals surface area contributed by atoms with Gasteiger partial charge in [0.1, 0.15) is 0 Å². The molecule has 2 amide bonds. The Morgan fingerprint density at radius 2 is 1.64 bits per heavy atom. The summed E-state index contributed by atoms with van der Waals surface area (Å²) in [5.41, 5.74) is 0.536. The van der Waals surface area contributed by atoms with E-state index in [1.54, 1.807) is 7.05 Å². The van der Waals surface area contributed by atoms with Gasteiger partial charge in [0.05, 0.1) is 5.56 Å². The first-order valence-electron chi connectivity index (χ1n) is 6.59. The molecular formula is C16H15F3N2O. The van der Waals surface area contributed by atoms with Crippen LogP contribution in [0.4, 0.5) is 23.7 Å². The number of carbonyl (C=O) groups is 1. The number of alkyl halides is 3. The van der Waals surface area contributed by atoms with Crippen LogP contribution >= 0.6 is 0 Å². The first-order valence-corrected chi connectivity index (χ1v) is 6.59. The quantitative estimate of drug-likeness (QED) is 0.897. The van der Waals surface area contributed by atoms with Crippen LogP contribution in [-0.2, 0) is 12.7 Å². The molecule has 0 saturated heterocycles. The Kier molecular flexibility index (Phi) is 4.70. The van der Waals surface area contributed by atoms with Gasteiger partial charge in [0, 0.05) is 19.3 Å². The van der Waals surface area contributed by atoms with E-state index in [9.17, 15) is 18.0 Å². The highest BCUT2D eigenvalue weighted by Gasteiger charge is 2.30. The third-order valence-corrected chi connectivity index (χ3v) is 3.07. The molecule has 2 rings (SSSR count). The average molecular weight is 308 g/mol. The molecule has 0 heterocycles. The van der Waals surface area contributed by atoms with Crippen molar-refractivity contribution in [1.29, 1.82) is 0 Å². The molecule has 0 atom stereocenters. The summed E-state index contributed by atoms with van der Waals surface area (Å²) in [6.45, 7) is 0.410. The maximum absolute atomic E-state index is 12.5. The molecule has 2 aromatic rings. The Balaban J connectivity index is 1.96. The lowest BCUT2D eigenvalue weighted by atomic mass is 10.2. The summed E-state index contributed by atoms with van der Waals surface area (Å²) in [5.74, 6) is 0. The van der Waals surface area contributed by atoms with E-state index in [-0.39, 0.29) is 6.03 Å². The van der Waals surface area contributed by atoms with Crippen LogP contribution in [0, 0.1) is 0 Å². The number of benzene rings is 2. The van der Waals surface area contributed by atoms with Gasteiger partial charge in [-0.15, -0.1) is 0 Å². The molecule has 0 aliphatic heterocycles. The van der Waals surface area contributed by atoms with Crippen LogP contribution in [-0.4, -0.2) is 18.0 Å². The van der Waals surface area contributed by atoms with Gasteiger partial charge in [-0.3, -0.25) is 0 Å². The lowest BCUT2D eigenvalue weighted by Crippen LogP contribution is -2.30. The lowest BCUT2D eigenvalue weighted by Gasteiger charge is -2.18. The van der Waals surface area contributed by atoms with Crippen molar-refractivity contribution in [3.63, 3.8) is 0 Å². The summed E-state index contributed by atoms with van der Waals surface area (Å²) in [4.78, 5) is 13.4. The van der Waals surface area contributed by atoms with Gasteiger partial charge in [-0.1, -0.05) is 30.3 Å². The normalized spacial score (nSPS) is 11.1. The van der Waals surface area contributed by atoms with Gasteiger partial charge in [0.2, 0.25) is 0 Å². The molecule has 0 radical (unpaired) electrons. The minimum Gasteiger partial charge on any atom is -0.323 e. The zero-order valence-electron chi connectivity index (χ0n) is 11.9. The Hall–Kier alpha value is -2.50.